The van der Waals surface area contributed by atoms with Crippen molar-refractivity contribution in [1.82, 2.24) is 0 Å². The van der Waals surface area contributed by atoms with Crippen LogP contribution in [0, 0.1) is 0 Å². The van der Waals surface area contributed by atoms with Gasteiger partial charge in [-0.25, -0.2) is 13.2 Å². The Bertz CT molecular complexity index is 1000. The standard InChI is InChI=1S/C17H15ClN2O6S/c1-10(21)8-16(22)19-15-9-13(6-7-14(15)18)27(25,26)20-12-4-2-11(3-5-12)17(23)24/h2-7,9,20H,8H2,1H3,(H,19,22)(H,23,24). The van der Waals surface area contributed by atoms with Crippen molar-refractivity contribution in [2.75, 3.05) is 10.0 Å². The SMILES string of the molecule is CC(=O)CC(=O)Nc1cc(S(=O)(=O)Nc2ccc(C(=O)O)cc2)ccc1Cl. The molecule has 0 bridgehead atoms. The molecule has 0 atom stereocenters. The first-order valence-corrected chi connectivity index (χ1v) is 9.39. The number of hydrogen-bond acceptors (Lipinski definition) is 5. The smallest absolute Gasteiger partial charge is 0.335 e. The number of amides is 1. The van der Waals surface area contributed by atoms with Gasteiger partial charge >= 0.3 is 5.97 Å². The Hall–Kier alpha value is -2.91. The highest BCUT2D eigenvalue weighted by atomic mass is 35.5. The van der Waals surface area contributed by atoms with Crippen molar-refractivity contribution < 1.29 is 27.9 Å². The Morgan fingerprint density at radius 2 is 1.70 bits per heavy atom. The van der Waals surface area contributed by atoms with E-state index in [2.05, 4.69) is 10.0 Å². The maximum absolute atomic E-state index is 12.5. The Morgan fingerprint density at radius 1 is 1.07 bits per heavy atom. The molecule has 0 heterocycles. The Labute approximate surface area is 160 Å². The van der Waals surface area contributed by atoms with Crippen LogP contribution in [0.1, 0.15) is 23.7 Å². The van der Waals surface area contributed by atoms with Crippen LogP contribution in [-0.4, -0.2) is 31.2 Å². The number of anilines is 2. The summed E-state index contributed by atoms with van der Waals surface area (Å²) in [7, 11) is -4.02. The van der Waals surface area contributed by atoms with Crippen LogP contribution >= 0.6 is 11.6 Å². The average molecular weight is 411 g/mol. The number of carboxylic acids is 1. The molecule has 0 aliphatic carbocycles. The van der Waals surface area contributed by atoms with Crippen molar-refractivity contribution in [1.29, 1.82) is 0 Å². The molecule has 27 heavy (non-hydrogen) atoms. The summed E-state index contributed by atoms with van der Waals surface area (Å²) in [5.74, 6) is -2.09. The minimum Gasteiger partial charge on any atom is -0.478 e. The summed E-state index contributed by atoms with van der Waals surface area (Å²) in [6, 6.07) is 8.85. The van der Waals surface area contributed by atoms with Crippen molar-refractivity contribution in [2.24, 2.45) is 0 Å². The molecule has 10 heteroatoms. The molecular weight excluding hydrogens is 396 g/mol. The van der Waals surface area contributed by atoms with Gasteiger partial charge in [-0.3, -0.25) is 14.3 Å². The first-order valence-electron chi connectivity index (χ1n) is 7.53. The highest BCUT2D eigenvalue weighted by molar-refractivity contribution is 7.92. The van der Waals surface area contributed by atoms with E-state index in [1.807, 2.05) is 0 Å². The van der Waals surface area contributed by atoms with Gasteiger partial charge in [0.05, 0.1) is 27.6 Å². The van der Waals surface area contributed by atoms with Crippen molar-refractivity contribution in [3.05, 3.63) is 53.1 Å². The van der Waals surface area contributed by atoms with E-state index in [4.69, 9.17) is 16.7 Å². The summed E-state index contributed by atoms with van der Waals surface area (Å²) in [6.07, 6.45) is -0.360. The lowest BCUT2D eigenvalue weighted by molar-refractivity contribution is -0.124. The van der Waals surface area contributed by atoms with Gasteiger partial charge in [-0.15, -0.1) is 0 Å². The quantitative estimate of drug-likeness (QED) is 0.602. The van der Waals surface area contributed by atoms with E-state index in [1.165, 1.54) is 43.3 Å². The average Bonchev–Trinajstić information content (AvgIpc) is 2.56. The molecule has 8 nitrogen and oxygen atoms in total. The summed E-state index contributed by atoms with van der Waals surface area (Å²) in [5, 5.41) is 11.4. The van der Waals surface area contributed by atoms with Crippen molar-refractivity contribution in [2.45, 2.75) is 18.2 Å². The summed E-state index contributed by atoms with van der Waals surface area (Å²) in [5.41, 5.74) is 0.226. The molecule has 0 aliphatic rings. The highest BCUT2D eigenvalue weighted by Gasteiger charge is 2.17. The summed E-state index contributed by atoms with van der Waals surface area (Å²) in [6.45, 7) is 1.25. The van der Waals surface area contributed by atoms with E-state index < -0.39 is 21.9 Å². The maximum atomic E-state index is 12.5. The first kappa shape index (κ1) is 20.4. The van der Waals surface area contributed by atoms with Gasteiger partial charge in [0.2, 0.25) is 5.91 Å². The van der Waals surface area contributed by atoms with Crippen LogP contribution in [0.2, 0.25) is 5.02 Å². The molecule has 0 saturated carbocycles. The zero-order valence-electron chi connectivity index (χ0n) is 14.0. The second kappa shape index (κ2) is 8.19. The number of benzene rings is 2. The molecule has 0 spiro atoms. The fraction of sp³-hybridized carbons (Fsp3) is 0.118. The minimum absolute atomic E-state index is 0.0138. The van der Waals surface area contributed by atoms with E-state index in [0.717, 1.165) is 6.07 Å². The summed E-state index contributed by atoms with van der Waals surface area (Å²) in [4.78, 5) is 33.4. The molecular formula is C17H15ClN2O6S. The first-order chi connectivity index (χ1) is 12.6. The molecule has 1 amide bonds. The number of Topliss-reactive ketones (excluding diaryl/α,β-unsaturated/α-hetero) is 1. The van der Waals surface area contributed by atoms with Crippen LogP contribution in [0.15, 0.2) is 47.4 Å². The largest absolute Gasteiger partial charge is 0.478 e. The van der Waals surface area contributed by atoms with E-state index in [-0.39, 0.29) is 39.1 Å². The number of ketones is 1. The van der Waals surface area contributed by atoms with Gasteiger partial charge in [-0.2, -0.15) is 0 Å². The zero-order chi connectivity index (χ0) is 20.2. The molecule has 0 aromatic heterocycles. The number of carbonyl (C=O) groups is 3. The fourth-order valence-corrected chi connectivity index (χ4v) is 3.33. The van der Waals surface area contributed by atoms with Gasteiger partial charge in [0.1, 0.15) is 5.78 Å². The molecule has 0 radical (unpaired) electrons. The second-order valence-electron chi connectivity index (χ2n) is 5.56. The molecule has 0 fully saturated rings. The predicted octanol–water partition coefficient (Wildman–Crippen LogP) is 2.76. The van der Waals surface area contributed by atoms with Crippen LogP contribution in [0.25, 0.3) is 0 Å². The maximum Gasteiger partial charge on any atom is 0.335 e. The normalized spacial score (nSPS) is 10.9. The van der Waals surface area contributed by atoms with E-state index in [9.17, 15) is 22.8 Å². The zero-order valence-corrected chi connectivity index (χ0v) is 15.6. The van der Waals surface area contributed by atoms with Gasteiger partial charge in [-0.05, 0) is 49.4 Å². The number of sulfonamides is 1. The van der Waals surface area contributed by atoms with Gasteiger partial charge in [0.15, 0.2) is 0 Å². The molecule has 2 aromatic rings. The number of hydrogen-bond donors (Lipinski definition) is 3. The Kier molecular flexibility index (Phi) is 6.19. The van der Waals surface area contributed by atoms with Crippen LogP contribution in [0.3, 0.4) is 0 Å². The Morgan fingerprint density at radius 3 is 2.26 bits per heavy atom. The lowest BCUT2D eigenvalue weighted by Crippen LogP contribution is -2.17. The van der Waals surface area contributed by atoms with Gasteiger partial charge in [0, 0.05) is 5.69 Å². The number of carboxylic acid groups (broad SMARTS) is 1. The third kappa shape index (κ3) is 5.53. The monoisotopic (exact) mass is 410 g/mol. The summed E-state index contributed by atoms with van der Waals surface area (Å²) < 4.78 is 27.3. The molecule has 0 unspecified atom stereocenters. The third-order valence-corrected chi connectivity index (χ3v) is 5.02. The molecule has 3 N–H and O–H groups in total. The topological polar surface area (TPSA) is 130 Å². The molecule has 0 saturated heterocycles. The van der Waals surface area contributed by atoms with Crippen molar-refractivity contribution in [3.63, 3.8) is 0 Å². The fourth-order valence-electron chi connectivity index (χ4n) is 2.08. The van der Waals surface area contributed by atoms with E-state index in [1.54, 1.807) is 0 Å². The summed E-state index contributed by atoms with van der Waals surface area (Å²) >= 11 is 5.96. The van der Waals surface area contributed by atoms with Gasteiger partial charge in [-0.1, -0.05) is 11.6 Å². The minimum atomic E-state index is -4.02. The lowest BCUT2D eigenvalue weighted by Gasteiger charge is -2.11. The Balaban J connectivity index is 2.25. The van der Waals surface area contributed by atoms with E-state index >= 15 is 0 Å². The molecule has 0 aliphatic heterocycles. The van der Waals surface area contributed by atoms with Gasteiger partial charge in [0.25, 0.3) is 10.0 Å². The number of nitrogens with one attached hydrogen (secondary N) is 2. The van der Waals surface area contributed by atoms with Gasteiger partial charge < -0.3 is 10.4 Å². The van der Waals surface area contributed by atoms with Crippen molar-refractivity contribution in [3.8, 4) is 0 Å². The van der Waals surface area contributed by atoms with E-state index in [0.29, 0.717) is 0 Å². The highest BCUT2D eigenvalue weighted by Crippen LogP contribution is 2.26. The van der Waals surface area contributed by atoms with Crippen LogP contribution in [-0.2, 0) is 19.6 Å². The van der Waals surface area contributed by atoms with Crippen LogP contribution < -0.4 is 10.0 Å². The number of aromatic carboxylic acids is 1. The lowest BCUT2D eigenvalue weighted by atomic mass is 10.2. The third-order valence-electron chi connectivity index (χ3n) is 3.32. The predicted molar refractivity (Wildman–Crippen MR) is 99.6 cm³/mol. The molecule has 142 valence electrons. The number of halogens is 1. The number of rotatable bonds is 7. The van der Waals surface area contributed by atoms with Crippen molar-refractivity contribution >= 4 is 50.7 Å². The van der Waals surface area contributed by atoms with Crippen LogP contribution in [0.5, 0.6) is 0 Å². The number of carbonyl (C=O) groups excluding carboxylic acids is 2. The molecule has 2 aromatic carbocycles. The second-order valence-corrected chi connectivity index (χ2v) is 7.65. The van der Waals surface area contributed by atoms with Crippen LogP contribution in [0.4, 0.5) is 11.4 Å². The molecule has 2 rings (SSSR count).